The summed E-state index contributed by atoms with van der Waals surface area (Å²) in [5.74, 6) is 2.60. The summed E-state index contributed by atoms with van der Waals surface area (Å²) in [5.41, 5.74) is 2.93. The average molecular weight is 296 g/mol. The van der Waals surface area contributed by atoms with Crippen LogP contribution in [0.25, 0.3) is 0 Å². The molecular formula is C18H24N4. The topological polar surface area (TPSA) is 35.2 Å². The third-order valence-electron chi connectivity index (χ3n) is 5.41. The number of hydrogen-bond acceptors (Lipinski definition) is 3. The summed E-state index contributed by atoms with van der Waals surface area (Å²) in [4.78, 5) is 12.7. The Morgan fingerprint density at radius 3 is 2.86 bits per heavy atom. The van der Waals surface area contributed by atoms with Gasteiger partial charge in [0.2, 0.25) is 0 Å². The van der Waals surface area contributed by atoms with E-state index in [2.05, 4.69) is 58.0 Å². The number of nitrogens with zero attached hydrogens (tertiary/aromatic N) is 3. The smallest absolute Gasteiger partial charge is 0.120 e. The number of likely N-dealkylation sites (tertiary alicyclic amines) is 2. The minimum atomic E-state index is 0.563. The number of rotatable bonds is 3. The molecule has 1 aromatic heterocycles. The first-order chi connectivity index (χ1) is 10.7. The summed E-state index contributed by atoms with van der Waals surface area (Å²) >= 11 is 0. The number of H-pyrrole nitrogens is 1. The fourth-order valence-corrected chi connectivity index (χ4v) is 4.46. The summed E-state index contributed by atoms with van der Waals surface area (Å²) in [6.07, 6.45) is 3.76. The van der Waals surface area contributed by atoms with Gasteiger partial charge in [0, 0.05) is 38.1 Å². The summed E-state index contributed by atoms with van der Waals surface area (Å²) in [6, 6.07) is 9.44. The van der Waals surface area contributed by atoms with Gasteiger partial charge < -0.3 is 4.98 Å². The number of fused-ring (bicyclic) bond motifs is 1. The van der Waals surface area contributed by atoms with Crippen molar-refractivity contribution in [1.82, 2.24) is 19.8 Å². The zero-order chi connectivity index (χ0) is 15.1. The quantitative estimate of drug-likeness (QED) is 0.945. The van der Waals surface area contributed by atoms with Crippen LogP contribution in [0.3, 0.4) is 0 Å². The summed E-state index contributed by atoms with van der Waals surface area (Å²) < 4.78 is 0. The highest BCUT2D eigenvalue weighted by Gasteiger charge is 2.46. The number of aromatic amines is 1. The molecule has 2 aliphatic rings. The van der Waals surface area contributed by atoms with Crippen LogP contribution in [0.1, 0.15) is 23.0 Å². The second-order valence-electron chi connectivity index (χ2n) is 6.89. The van der Waals surface area contributed by atoms with Gasteiger partial charge in [-0.25, -0.2) is 4.98 Å². The fraction of sp³-hybridized carbons (Fsp3) is 0.500. The molecule has 0 bridgehead atoms. The molecule has 2 saturated heterocycles. The van der Waals surface area contributed by atoms with Crippen LogP contribution in [0.15, 0.2) is 36.7 Å². The van der Waals surface area contributed by atoms with E-state index in [1.807, 2.05) is 12.4 Å². The molecule has 116 valence electrons. The second-order valence-corrected chi connectivity index (χ2v) is 6.89. The van der Waals surface area contributed by atoms with Crippen molar-refractivity contribution in [3.63, 3.8) is 0 Å². The molecule has 3 heterocycles. The lowest BCUT2D eigenvalue weighted by Crippen LogP contribution is -2.29. The zero-order valence-corrected chi connectivity index (χ0v) is 13.4. The van der Waals surface area contributed by atoms with Gasteiger partial charge >= 0.3 is 0 Å². The van der Waals surface area contributed by atoms with Crippen LogP contribution in [0.5, 0.6) is 0 Å². The standard InChI is InChI=1S/C18H24N4/c1-13-5-3-4-6-15(13)18-16-11-22(10-14(16)9-21(18)2)12-17-19-7-8-20-17/h3-8,14,16,18H,9-12H2,1-2H3,(H,19,20)/t14-,16+,18+/m0/s1. The van der Waals surface area contributed by atoms with Crippen molar-refractivity contribution in [3.05, 3.63) is 53.6 Å². The van der Waals surface area contributed by atoms with Gasteiger partial charge in [-0.2, -0.15) is 0 Å². The largest absolute Gasteiger partial charge is 0.348 e. The first kappa shape index (κ1) is 14.0. The van der Waals surface area contributed by atoms with E-state index in [0.29, 0.717) is 6.04 Å². The Hall–Kier alpha value is -1.65. The molecule has 0 aliphatic carbocycles. The van der Waals surface area contributed by atoms with E-state index in [-0.39, 0.29) is 0 Å². The molecular weight excluding hydrogens is 272 g/mol. The molecule has 4 heteroatoms. The molecule has 3 atom stereocenters. The van der Waals surface area contributed by atoms with Gasteiger partial charge in [-0.1, -0.05) is 24.3 Å². The summed E-state index contributed by atoms with van der Waals surface area (Å²) in [5, 5.41) is 0. The number of aryl methyl sites for hydroxylation is 1. The predicted octanol–water partition coefficient (Wildman–Crippen LogP) is 2.45. The SMILES string of the molecule is Cc1ccccc1[C@@H]1[C@@H]2CN(Cc3ncc[nH]3)C[C@@H]2CN1C. The third kappa shape index (κ3) is 2.36. The van der Waals surface area contributed by atoms with E-state index >= 15 is 0 Å². The van der Waals surface area contributed by atoms with Crippen molar-refractivity contribution < 1.29 is 0 Å². The lowest BCUT2D eigenvalue weighted by Gasteiger charge is -2.27. The molecule has 0 amide bonds. The van der Waals surface area contributed by atoms with Crippen molar-refractivity contribution >= 4 is 0 Å². The van der Waals surface area contributed by atoms with E-state index in [9.17, 15) is 0 Å². The highest BCUT2D eigenvalue weighted by molar-refractivity contribution is 5.31. The second kappa shape index (κ2) is 5.52. The van der Waals surface area contributed by atoms with Crippen molar-refractivity contribution in [2.45, 2.75) is 19.5 Å². The molecule has 22 heavy (non-hydrogen) atoms. The maximum Gasteiger partial charge on any atom is 0.120 e. The molecule has 2 aliphatic heterocycles. The molecule has 0 saturated carbocycles. The van der Waals surface area contributed by atoms with Crippen molar-refractivity contribution in [2.24, 2.45) is 11.8 Å². The first-order valence-electron chi connectivity index (χ1n) is 8.19. The molecule has 0 spiro atoms. The number of hydrogen-bond donors (Lipinski definition) is 1. The van der Waals surface area contributed by atoms with Gasteiger partial charge in [-0.15, -0.1) is 0 Å². The van der Waals surface area contributed by atoms with Crippen LogP contribution in [-0.4, -0.2) is 46.4 Å². The lowest BCUT2D eigenvalue weighted by atomic mass is 9.88. The Bertz CT molecular complexity index is 636. The molecule has 4 rings (SSSR count). The Morgan fingerprint density at radius 1 is 1.23 bits per heavy atom. The van der Waals surface area contributed by atoms with Crippen molar-refractivity contribution in [1.29, 1.82) is 0 Å². The van der Waals surface area contributed by atoms with Crippen LogP contribution < -0.4 is 0 Å². The molecule has 0 radical (unpaired) electrons. The van der Waals surface area contributed by atoms with Crippen LogP contribution >= 0.6 is 0 Å². The maximum atomic E-state index is 4.37. The molecule has 2 fully saturated rings. The van der Waals surface area contributed by atoms with Gasteiger partial charge in [0.25, 0.3) is 0 Å². The number of aromatic nitrogens is 2. The van der Waals surface area contributed by atoms with Gasteiger partial charge in [-0.3, -0.25) is 9.80 Å². The maximum absolute atomic E-state index is 4.37. The molecule has 1 aromatic carbocycles. The minimum Gasteiger partial charge on any atom is -0.348 e. The summed E-state index contributed by atoms with van der Waals surface area (Å²) in [7, 11) is 2.28. The van der Waals surface area contributed by atoms with E-state index in [1.54, 1.807) is 0 Å². The third-order valence-corrected chi connectivity index (χ3v) is 5.41. The number of benzene rings is 1. The highest BCUT2D eigenvalue weighted by atomic mass is 15.3. The first-order valence-corrected chi connectivity index (χ1v) is 8.19. The van der Waals surface area contributed by atoms with E-state index in [1.165, 1.54) is 30.8 Å². The Labute approximate surface area is 132 Å². The predicted molar refractivity (Wildman–Crippen MR) is 87.4 cm³/mol. The Balaban J connectivity index is 1.54. The zero-order valence-electron chi connectivity index (χ0n) is 13.4. The van der Waals surface area contributed by atoms with Crippen LogP contribution in [0.4, 0.5) is 0 Å². The van der Waals surface area contributed by atoms with E-state index < -0.39 is 0 Å². The lowest BCUT2D eigenvalue weighted by molar-refractivity contribution is 0.222. The van der Waals surface area contributed by atoms with Crippen LogP contribution in [0, 0.1) is 18.8 Å². The highest BCUT2D eigenvalue weighted by Crippen LogP contribution is 2.44. The number of imidazole rings is 1. The van der Waals surface area contributed by atoms with E-state index in [4.69, 9.17) is 0 Å². The van der Waals surface area contributed by atoms with Crippen molar-refractivity contribution in [2.75, 3.05) is 26.7 Å². The van der Waals surface area contributed by atoms with E-state index in [0.717, 1.165) is 24.2 Å². The Morgan fingerprint density at radius 2 is 2.09 bits per heavy atom. The fourth-order valence-electron chi connectivity index (χ4n) is 4.46. The average Bonchev–Trinajstić information content (AvgIpc) is 3.17. The molecule has 1 N–H and O–H groups in total. The molecule has 0 unspecified atom stereocenters. The van der Waals surface area contributed by atoms with Gasteiger partial charge in [0.05, 0.1) is 6.54 Å². The minimum absolute atomic E-state index is 0.563. The van der Waals surface area contributed by atoms with Crippen LogP contribution in [-0.2, 0) is 6.54 Å². The Kier molecular flexibility index (Phi) is 3.51. The normalized spacial score (nSPS) is 29.1. The van der Waals surface area contributed by atoms with Gasteiger partial charge in [-0.05, 0) is 36.9 Å². The van der Waals surface area contributed by atoms with Crippen molar-refractivity contribution in [3.8, 4) is 0 Å². The monoisotopic (exact) mass is 296 g/mol. The van der Waals surface area contributed by atoms with Gasteiger partial charge in [0.15, 0.2) is 0 Å². The summed E-state index contributed by atoms with van der Waals surface area (Å²) in [6.45, 7) is 6.77. The number of nitrogens with one attached hydrogen (secondary N) is 1. The van der Waals surface area contributed by atoms with Gasteiger partial charge in [0.1, 0.15) is 5.82 Å². The molecule has 2 aromatic rings. The van der Waals surface area contributed by atoms with Crippen LogP contribution in [0.2, 0.25) is 0 Å². The molecule has 4 nitrogen and oxygen atoms in total.